The predicted octanol–water partition coefficient (Wildman–Crippen LogP) is 6.55. The summed E-state index contributed by atoms with van der Waals surface area (Å²) in [7, 11) is -0.187. The summed E-state index contributed by atoms with van der Waals surface area (Å²) in [6, 6.07) is 35.3. The molecule has 0 N–H and O–H groups in total. The molecule has 0 fully saturated rings. The summed E-state index contributed by atoms with van der Waals surface area (Å²) in [5.41, 5.74) is 8.95. The van der Waals surface area contributed by atoms with E-state index < -0.39 is 0 Å². The molecule has 0 atom stereocenters. The van der Waals surface area contributed by atoms with Crippen molar-refractivity contribution >= 4 is 45.8 Å². The number of hydrogen-bond donors (Lipinski definition) is 0. The van der Waals surface area contributed by atoms with Gasteiger partial charge in [0, 0.05) is 21.9 Å². The van der Waals surface area contributed by atoms with Gasteiger partial charge in [0.25, 0.3) is 0 Å². The Bertz CT molecular complexity index is 1770. The third-order valence-corrected chi connectivity index (χ3v) is 6.89. The summed E-state index contributed by atoms with van der Waals surface area (Å²) < 4.78 is 12.7. The standard InChI is InChI=1S/C29H17BN2O2/c1-3-12-22-20(9-1)28-25(32-24-13-4-6-15-27(24)34-30(22)32)17-16-23(31-28)21-11-7-10-19-18-8-2-5-14-26(18)33-29(19)21/h1-17H. The third kappa shape index (κ3) is 2.31. The number of rotatable bonds is 1. The van der Waals surface area contributed by atoms with E-state index in [-0.39, 0.29) is 7.05 Å². The Kier molecular flexibility index (Phi) is 3.45. The highest BCUT2D eigenvalue weighted by Gasteiger charge is 2.45. The first kappa shape index (κ1) is 18.0. The highest BCUT2D eigenvalue weighted by molar-refractivity contribution is 6.77. The first-order valence-corrected chi connectivity index (χ1v) is 11.4. The van der Waals surface area contributed by atoms with Crippen LogP contribution < -0.4 is 14.9 Å². The summed E-state index contributed by atoms with van der Waals surface area (Å²) >= 11 is 0. The average Bonchev–Trinajstić information content (AvgIpc) is 3.48. The fourth-order valence-corrected chi connectivity index (χ4v) is 5.39. The van der Waals surface area contributed by atoms with Crippen molar-refractivity contribution in [1.29, 1.82) is 0 Å². The van der Waals surface area contributed by atoms with Crippen molar-refractivity contribution < 1.29 is 9.07 Å². The Morgan fingerprint density at radius 3 is 2.44 bits per heavy atom. The summed E-state index contributed by atoms with van der Waals surface area (Å²) in [6.07, 6.45) is 0. The molecule has 5 heteroatoms. The van der Waals surface area contributed by atoms with Crippen LogP contribution in [0.2, 0.25) is 0 Å². The van der Waals surface area contributed by atoms with Gasteiger partial charge in [-0.1, -0.05) is 66.7 Å². The van der Waals surface area contributed by atoms with Gasteiger partial charge in [0.1, 0.15) is 16.9 Å². The Labute approximate surface area is 196 Å². The van der Waals surface area contributed by atoms with Gasteiger partial charge in [0.2, 0.25) is 0 Å². The smallest absolute Gasteiger partial charge is 0.525 e. The molecular formula is C29H17BN2O2. The molecule has 0 spiro atoms. The molecule has 2 aliphatic heterocycles. The number of furan rings is 1. The molecule has 6 aromatic rings. The zero-order valence-corrected chi connectivity index (χ0v) is 18.1. The van der Waals surface area contributed by atoms with Gasteiger partial charge in [-0.15, -0.1) is 0 Å². The number of nitrogens with zero attached hydrogens (tertiary/aromatic N) is 2. The molecule has 0 radical (unpaired) electrons. The van der Waals surface area contributed by atoms with Crippen molar-refractivity contribution in [3.8, 4) is 28.3 Å². The van der Waals surface area contributed by atoms with Crippen molar-refractivity contribution in [2.45, 2.75) is 0 Å². The molecule has 4 nitrogen and oxygen atoms in total. The van der Waals surface area contributed by atoms with Gasteiger partial charge in [-0.05, 0) is 41.9 Å². The summed E-state index contributed by atoms with van der Waals surface area (Å²) in [5, 5.41) is 2.23. The minimum atomic E-state index is -0.187. The first-order chi connectivity index (χ1) is 16.9. The number of benzene rings is 4. The molecule has 0 aliphatic carbocycles. The molecule has 4 heterocycles. The van der Waals surface area contributed by atoms with Crippen LogP contribution in [-0.2, 0) is 0 Å². The largest absolute Gasteiger partial charge is 0.536 e. The zero-order valence-electron chi connectivity index (χ0n) is 18.1. The monoisotopic (exact) mass is 436 g/mol. The van der Waals surface area contributed by atoms with E-state index in [1.165, 1.54) is 0 Å². The Morgan fingerprint density at radius 1 is 0.647 bits per heavy atom. The van der Waals surface area contributed by atoms with Crippen LogP contribution >= 0.6 is 0 Å². The molecular weight excluding hydrogens is 419 g/mol. The zero-order chi connectivity index (χ0) is 22.2. The second-order valence-corrected chi connectivity index (χ2v) is 8.74. The molecule has 2 aliphatic rings. The maximum atomic E-state index is 6.38. The number of aromatic nitrogens is 1. The maximum Gasteiger partial charge on any atom is 0.525 e. The molecule has 158 valence electrons. The van der Waals surface area contributed by atoms with Gasteiger partial charge >= 0.3 is 7.05 Å². The number of anilines is 2. The Morgan fingerprint density at radius 2 is 1.44 bits per heavy atom. The fourth-order valence-electron chi connectivity index (χ4n) is 5.39. The lowest BCUT2D eigenvalue weighted by atomic mass is 9.65. The second-order valence-electron chi connectivity index (χ2n) is 8.74. The van der Waals surface area contributed by atoms with Gasteiger partial charge in [0.05, 0.1) is 22.8 Å². The topological polar surface area (TPSA) is 38.5 Å². The summed E-state index contributed by atoms with van der Waals surface area (Å²) in [4.78, 5) is 7.48. The lowest BCUT2D eigenvalue weighted by Crippen LogP contribution is -2.50. The van der Waals surface area contributed by atoms with E-state index in [9.17, 15) is 0 Å². The van der Waals surface area contributed by atoms with Gasteiger partial charge < -0.3 is 13.9 Å². The van der Waals surface area contributed by atoms with Crippen molar-refractivity contribution in [2.24, 2.45) is 0 Å². The van der Waals surface area contributed by atoms with E-state index in [2.05, 4.69) is 77.6 Å². The predicted molar refractivity (Wildman–Crippen MR) is 137 cm³/mol. The summed E-state index contributed by atoms with van der Waals surface area (Å²) in [6.45, 7) is 0. The van der Waals surface area contributed by atoms with E-state index in [0.717, 1.165) is 67.0 Å². The minimum absolute atomic E-state index is 0.187. The third-order valence-electron chi connectivity index (χ3n) is 6.89. The average molecular weight is 436 g/mol. The van der Waals surface area contributed by atoms with E-state index in [1.54, 1.807) is 0 Å². The fraction of sp³-hybridized carbons (Fsp3) is 0. The first-order valence-electron chi connectivity index (χ1n) is 11.4. The summed E-state index contributed by atoms with van der Waals surface area (Å²) in [5.74, 6) is 0.895. The van der Waals surface area contributed by atoms with Crippen LogP contribution in [-0.4, -0.2) is 12.0 Å². The van der Waals surface area contributed by atoms with Crippen LogP contribution in [0.25, 0.3) is 44.5 Å². The van der Waals surface area contributed by atoms with E-state index in [4.69, 9.17) is 14.1 Å². The highest BCUT2D eigenvalue weighted by Crippen LogP contribution is 2.47. The highest BCUT2D eigenvalue weighted by atomic mass is 16.5. The van der Waals surface area contributed by atoms with Gasteiger partial charge in [0.15, 0.2) is 0 Å². The molecule has 4 aromatic carbocycles. The Hall–Kier alpha value is -4.51. The van der Waals surface area contributed by atoms with Crippen LogP contribution in [0, 0.1) is 0 Å². The van der Waals surface area contributed by atoms with Crippen LogP contribution in [0.15, 0.2) is 108 Å². The SMILES string of the molecule is c1ccc2c(c1)OB1c3ccccc3-c3nc(-c4cccc5c4oc4ccccc45)ccc3N12. The number of hydrogen-bond acceptors (Lipinski definition) is 4. The normalized spacial score (nSPS) is 13.4. The quantitative estimate of drug-likeness (QED) is 0.274. The molecule has 8 rings (SSSR count). The van der Waals surface area contributed by atoms with Gasteiger partial charge in [-0.25, -0.2) is 4.98 Å². The van der Waals surface area contributed by atoms with Crippen molar-refractivity contribution in [1.82, 2.24) is 4.98 Å². The molecule has 0 saturated heterocycles. The lowest BCUT2D eigenvalue weighted by Gasteiger charge is -2.30. The molecule has 0 amide bonds. The van der Waals surface area contributed by atoms with E-state index >= 15 is 0 Å². The van der Waals surface area contributed by atoms with Crippen molar-refractivity contribution in [3.05, 3.63) is 103 Å². The maximum absolute atomic E-state index is 6.38. The molecule has 34 heavy (non-hydrogen) atoms. The Balaban J connectivity index is 1.38. The number of pyridine rings is 1. The van der Waals surface area contributed by atoms with Crippen molar-refractivity contribution in [2.75, 3.05) is 4.81 Å². The van der Waals surface area contributed by atoms with Gasteiger partial charge in [-0.2, -0.15) is 0 Å². The van der Waals surface area contributed by atoms with Crippen LogP contribution in [0.5, 0.6) is 5.75 Å². The molecule has 2 aromatic heterocycles. The van der Waals surface area contributed by atoms with Gasteiger partial charge in [-0.3, -0.25) is 0 Å². The molecule has 0 unspecified atom stereocenters. The lowest BCUT2D eigenvalue weighted by molar-refractivity contribution is 0.603. The molecule has 0 bridgehead atoms. The van der Waals surface area contributed by atoms with Crippen LogP contribution in [0.3, 0.4) is 0 Å². The van der Waals surface area contributed by atoms with E-state index in [1.807, 2.05) is 30.3 Å². The molecule has 0 saturated carbocycles. The van der Waals surface area contributed by atoms with E-state index in [0.29, 0.717) is 0 Å². The van der Waals surface area contributed by atoms with Crippen LogP contribution in [0.4, 0.5) is 11.4 Å². The number of para-hydroxylation sites is 4. The number of fused-ring (bicyclic) bond motifs is 11. The van der Waals surface area contributed by atoms with Crippen molar-refractivity contribution in [3.63, 3.8) is 0 Å². The minimum Gasteiger partial charge on any atom is -0.536 e. The van der Waals surface area contributed by atoms with Crippen LogP contribution in [0.1, 0.15) is 0 Å². The second kappa shape index (κ2) is 6.52.